The van der Waals surface area contributed by atoms with Crippen molar-refractivity contribution in [2.45, 2.75) is 44.7 Å². The Bertz CT molecular complexity index is 1050. The van der Waals surface area contributed by atoms with E-state index in [9.17, 15) is 13.6 Å². The first kappa shape index (κ1) is 23.2. The number of piperazine rings is 1. The molecule has 5 nitrogen and oxygen atoms in total. The second-order valence-corrected chi connectivity index (χ2v) is 9.77. The second-order valence-electron chi connectivity index (χ2n) is 9.77. The standard InChI is InChI=1S/C27H33F2N3O2/c1-34-26-16-24(28)23(15-25(26)29)20-6-7-21-17-30(9-8-19(21)14-20)18-27(33)32-12-10-31(11-13-32)22-4-2-3-5-22/h6-7,14-16,22H,2-5,8-13,17-18H2,1H3. The molecular formula is C27H33F2N3O2. The number of fused-ring (bicyclic) bond motifs is 1. The van der Waals surface area contributed by atoms with Gasteiger partial charge in [-0.15, -0.1) is 0 Å². The monoisotopic (exact) mass is 469 g/mol. The van der Waals surface area contributed by atoms with Gasteiger partial charge in [0.1, 0.15) is 5.82 Å². The van der Waals surface area contributed by atoms with Gasteiger partial charge in [0.2, 0.25) is 5.91 Å². The van der Waals surface area contributed by atoms with Crippen molar-refractivity contribution in [2.75, 3.05) is 46.4 Å². The average molecular weight is 470 g/mol. The van der Waals surface area contributed by atoms with E-state index in [1.54, 1.807) is 0 Å². The number of hydrogen-bond acceptors (Lipinski definition) is 4. The number of nitrogens with zero attached hydrogens (tertiary/aromatic N) is 3. The van der Waals surface area contributed by atoms with Gasteiger partial charge < -0.3 is 9.64 Å². The summed E-state index contributed by atoms with van der Waals surface area (Å²) in [5.74, 6) is -0.971. The zero-order chi connectivity index (χ0) is 23.7. The summed E-state index contributed by atoms with van der Waals surface area (Å²) in [5, 5.41) is 0. The van der Waals surface area contributed by atoms with Crippen LogP contribution in [0.15, 0.2) is 30.3 Å². The van der Waals surface area contributed by atoms with E-state index < -0.39 is 11.6 Å². The number of benzene rings is 2. The third kappa shape index (κ3) is 4.82. The highest BCUT2D eigenvalue weighted by Crippen LogP contribution is 2.32. The van der Waals surface area contributed by atoms with Crippen LogP contribution in [0.3, 0.4) is 0 Å². The quantitative estimate of drug-likeness (QED) is 0.661. The predicted molar refractivity (Wildman–Crippen MR) is 128 cm³/mol. The summed E-state index contributed by atoms with van der Waals surface area (Å²) in [5.41, 5.74) is 3.16. The molecule has 1 aliphatic carbocycles. The highest BCUT2D eigenvalue weighted by atomic mass is 19.1. The van der Waals surface area contributed by atoms with Gasteiger partial charge in [0.05, 0.1) is 13.7 Å². The Morgan fingerprint density at radius 3 is 2.47 bits per heavy atom. The number of rotatable bonds is 5. The number of carbonyl (C=O) groups is 1. The molecule has 0 unspecified atom stereocenters. The van der Waals surface area contributed by atoms with E-state index >= 15 is 0 Å². The molecule has 1 saturated carbocycles. The highest BCUT2D eigenvalue weighted by Gasteiger charge is 2.29. The Hall–Kier alpha value is -2.51. The maximum absolute atomic E-state index is 14.5. The molecule has 2 heterocycles. The lowest BCUT2D eigenvalue weighted by Gasteiger charge is -2.39. The molecule has 182 valence electrons. The first-order valence-corrected chi connectivity index (χ1v) is 12.4. The SMILES string of the molecule is COc1cc(F)c(-c2ccc3c(c2)CCN(CC(=O)N2CCN(C4CCCC4)CC2)C3)cc1F. The molecule has 34 heavy (non-hydrogen) atoms. The molecule has 0 atom stereocenters. The van der Waals surface area contributed by atoms with Crippen LogP contribution in [0.25, 0.3) is 11.1 Å². The average Bonchev–Trinajstić information content (AvgIpc) is 3.40. The molecule has 0 radical (unpaired) electrons. The predicted octanol–water partition coefficient (Wildman–Crippen LogP) is 4.09. The first-order valence-electron chi connectivity index (χ1n) is 12.4. The van der Waals surface area contributed by atoms with E-state index in [0.29, 0.717) is 18.7 Å². The van der Waals surface area contributed by atoms with Gasteiger partial charge in [0.25, 0.3) is 0 Å². The number of hydrogen-bond donors (Lipinski definition) is 0. The zero-order valence-corrected chi connectivity index (χ0v) is 19.9. The van der Waals surface area contributed by atoms with Crippen molar-refractivity contribution in [1.82, 2.24) is 14.7 Å². The van der Waals surface area contributed by atoms with Crippen molar-refractivity contribution >= 4 is 5.91 Å². The van der Waals surface area contributed by atoms with Gasteiger partial charge >= 0.3 is 0 Å². The fourth-order valence-corrected chi connectivity index (χ4v) is 5.72. The van der Waals surface area contributed by atoms with Crippen LogP contribution in [0.4, 0.5) is 8.78 Å². The Morgan fingerprint density at radius 1 is 0.971 bits per heavy atom. The largest absolute Gasteiger partial charge is 0.494 e. The third-order valence-corrected chi connectivity index (χ3v) is 7.72. The number of ether oxygens (including phenoxy) is 1. The summed E-state index contributed by atoms with van der Waals surface area (Å²) in [6.07, 6.45) is 6.08. The van der Waals surface area contributed by atoms with Crippen molar-refractivity contribution in [3.8, 4) is 16.9 Å². The molecule has 2 fully saturated rings. The van der Waals surface area contributed by atoms with Crippen LogP contribution < -0.4 is 4.74 Å². The Labute approximate surface area is 200 Å². The topological polar surface area (TPSA) is 36.0 Å². The molecule has 2 aliphatic heterocycles. The number of halogens is 2. The zero-order valence-electron chi connectivity index (χ0n) is 19.9. The van der Waals surface area contributed by atoms with Crippen molar-refractivity contribution in [3.63, 3.8) is 0 Å². The lowest BCUT2D eigenvalue weighted by Crippen LogP contribution is -2.53. The minimum atomic E-state index is -0.578. The van der Waals surface area contributed by atoms with E-state index in [0.717, 1.165) is 62.4 Å². The molecule has 7 heteroatoms. The highest BCUT2D eigenvalue weighted by molar-refractivity contribution is 5.78. The van der Waals surface area contributed by atoms with Crippen molar-refractivity contribution < 1.29 is 18.3 Å². The fraction of sp³-hybridized carbons (Fsp3) is 0.519. The summed E-state index contributed by atoms with van der Waals surface area (Å²) in [4.78, 5) is 19.7. The third-order valence-electron chi connectivity index (χ3n) is 7.72. The van der Waals surface area contributed by atoms with Gasteiger partial charge in [-0.25, -0.2) is 8.78 Å². The fourth-order valence-electron chi connectivity index (χ4n) is 5.72. The second kappa shape index (κ2) is 10.0. The lowest BCUT2D eigenvalue weighted by molar-refractivity contribution is -0.134. The maximum atomic E-state index is 14.5. The molecule has 0 bridgehead atoms. The van der Waals surface area contributed by atoms with Gasteiger partial charge in [-0.3, -0.25) is 14.6 Å². The molecular weight excluding hydrogens is 436 g/mol. The minimum Gasteiger partial charge on any atom is -0.494 e. The van der Waals surface area contributed by atoms with Gasteiger partial charge in [0.15, 0.2) is 11.6 Å². The molecule has 3 aliphatic rings. The van der Waals surface area contributed by atoms with Crippen LogP contribution in [0.2, 0.25) is 0 Å². The van der Waals surface area contributed by atoms with Crippen LogP contribution in [-0.2, 0) is 17.8 Å². The molecule has 0 spiro atoms. The summed E-state index contributed by atoms with van der Waals surface area (Å²) in [7, 11) is 1.32. The molecule has 0 N–H and O–H groups in total. The minimum absolute atomic E-state index is 0.0977. The summed E-state index contributed by atoms with van der Waals surface area (Å²) < 4.78 is 33.5. The number of carbonyl (C=O) groups excluding carboxylic acids is 1. The number of methoxy groups -OCH3 is 1. The van der Waals surface area contributed by atoms with Crippen LogP contribution >= 0.6 is 0 Å². The maximum Gasteiger partial charge on any atom is 0.236 e. The van der Waals surface area contributed by atoms with Crippen LogP contribution in [0, 0.1) is 11.6 Å². The van der Waals surface area contributed by atoms with E-state index in [2.05, 4.69) is 9.80 Å². The van der Waals surface area contributed by atoms with E-state index in [1.807, 2.05) is 23.1 Å². The molecule has 2 aromatic carbocycles. The van der Waals surface area contributed by atoms with Crippen LogP contribution in [0.5, 0.6) is 5.75 Å². The molecule has 0 aromatic heterocycles. The summed E-state index contributed by atoms with van der Waals surface area (Å²) in [6, 6.07) is 8.76. The first-order chi connectivity index (χ1) is 16.5. The van der Waals surface area contributed by atoms with Crippen molar-refractivity contribution in [3.05, 3.63) is 53.1 Å². The van der Waals surface area contributed by atoms with Crippen molar-refractivity contribution in [1.29, 1.82) is 0 Å². The van der Waals surface area contributed by atoms with Crippen LogP contribution in [0.1, 0.15) is 36.8 Å². The normalized spacial score (nSPS) is 19.9. The van der Waals surface area contributed by atoms with Gasteiger partial charge in [-0.2, -0.15) is 0 Å². The van der Waals surface area contributed by atoms with Crippen molar-refractivity contribution in [2.24, 2.45) is 0 Å². The molecule has 1 amide bonds. The van der Waals surface area contributed by atoms with Gasteiger partial charge in [-0.05, 0) is 42.0 Å². The van der Waals surface area contributed by atoms with Gasteiger partial charge in [0, 0.05) is 56.9 Å². The Morgan fingerprint density at radius 2 is 1.74 bits per heavy atom. The molecule has 1 saturated heterocycles. The molecule has 5 rings (SSSR count). The van der Waals surface area contributed by atoms with E-state index in [4.69, 9.17) is 4.74 Å². The Kier molecular flexibility index (Phi) is 6.84. The summed E-state index contributed by atoms with van der Waals surface area (Å²) in [6.45, 7) is 5.55. The van der Waals surface area contributed by atoms with Crippen LogP contribution in [-0.4, -0.2) is 73.0 Å². The summed E-state index contributed by atoms with van der Waals surface area (Å²) >= 11 is 0. The van der Waals surface area contributed by atoms with E-state index in [1.165, 1.54) is 38.9 Å². The Balaban J connectivity index is 1.19. The molecule has 2 aromatic rings. The smallest absolute Gasteiger partial charge is 0.236 e. The number of amides is 1. The van der Waals surface area contributed by atoms with Gasteiger partial charge in [-0.1, -0.05) is 31.0 Å². The van der Waals surface area contributed by atoms with E-state index in [-0.39, 0.29) is 17.2 Å². The lowest BCUT2D eigenvalue weighted by atomic mass is 9.94.